The fraction of sp³-hybridized carbons (Fsp3) is 0.538. The van der Waals surface area contributed by atoms with Crippen LogP contribution in [0.2, 0.25) is 0 Å². The molecule has 0 spiro atoms. The number of methoxy groups -OCH3 is 3. The van der Waals surface area contributed by atoms with Gasteiger partial charge >= 0.3 is 0 Å². The van der Waals surface area contributed by atoms with Gasteiger partial charge in [-0.1, -0.05) is 44.2 Å². The molecule has 0 bridgehead atoms. The third-order valence-corrected chi connectivity index (χ3v) is 5.77. The Morgan fingerprint density at radius 3 is 2.10 bits per heavy atom. The van der Waals surface area contributed by atoms with E-state index in [0.717, 1.165) is 24.3 Å². The third-order valence-electron chi connectivity index (χ3n) is 5.77. The van der Waals surface area contributed by atoms with E-state index in [1.807, 2.05) is 42.5 Å². The van der Waals surface area contributed by atoms with Crippen LogP contribution in [0.1, 0.15) is 32.3 Å². The van der Waals surface area contributed by atoms with Crippen molar-refractivity contribution in [2.75, 3.05) is 34.5 Å². The summed E-state index contributed by atoms with van der Waals surface area (Å²) in [5.41, 5.74) is 1.17. The molecule has 0 saturated heterocycles. The highest BCUT2D eigenvalue weighted by Gasteiger charge is 2.30. The molecule has 0 aliphatic carbocycles. The van der Waals surface area contributed by atoms with Gasteiger partial charge in [-0.2, -0.15) is 0 Å². The van der Waals surface area contributed by atoms with Crippen LogP contribution >= 0.6 is 0 Å². The SMILES string of the molecule is COc1ccc(OCCC[C@H](C)[C@H](OC)[C@H](C)[C@H](COCc2ccccc2)OC)cc1. The lowest BCUT2D eigenvalue weighted by Crippen LogP contribution is -2.39. The fourth-order valence-corrected chi connectivity index (χ4v) is 3.91. The Labute approximate surface area is 187 Å². The average Bonchev–Trinajstić information content (AvgIpc) is 2.81. The van der Waals surface area contributed by atoms with Crippen LogP contribution in [0.15, 0.2) is 54.6 Å². The van der Waals surface area contributed by atoms with Gasteiger partial charge in [0.15, 0.2) is 0 Å². The Balaban J connectivity index is 1.75. The molecule has 5 nitrogen and oxygen atoms in total. The van der Waals surface area contributed by atoms with E-state index in [1.54, 1.807) is 21.3 Å². The molecule has 31 heavy (non-hydrogen) atoms. The van der Waals surface area contributed by atoms with E-state index in [1.165, 1.54) is 5.56 Å². The maximum Gasteiger partial charge on any atom is 0.119 e. The lowest BCUT2D eigenvalue weighted by molar-refractivity contribution is -0.0819. The second kappa shape index (κ2) is 14.1. The summed E-state index contributed by atoms with van der Waals surface area (Å²) < 4.78 is 28.6. The van der Waals surface area contributed by atoms with Crippen LogP contribution in [0.25, 0.3) is 0 Å². The van der Waals surface area contributed by atoms with E-state index < -0.39 is 0 Å². The van der Waals surface area contributed by atoms with E-state index >= 15 is 0 Å². The summed E-state index contributed by atoms with van der Waals surface area (Å²) in [6, 6.07) is 17.9. The lowest BCUT2D eigenvalue weighted by Gasteiger charge is -2.33. The van der Waals surface area contributed by atoms with Crippen molar-refractivity contribution in [2.45, 2.75) is 45.5 Å². The van der Waals surface area contributed by atoms with Gasteiger partial charge in [-0.05, 0) is 48.6 Å². The second-order valence-corrected chi connectivity index (χ2v) is 7.98. The quantitative estimate of drug-likeness (QED) is 0.355. The van der Waals surface area contributed by atoms with Crippen molar-refractivity contribution in [3.8, 4) is 11.5 Å². The second-order valence-electron chi connectivity index (χ2n) is 7.98. The van der Waals surface area contributed by atoms with Gasteiger partial charge in [-0.15, -0.1) is 0 Å². The summed E-state index contributed by atoms with van der Waals surface area (Å²) in [5, 5.41) is 0. The van der Waals surface area contributed by atoms with Gasteiger partial charge in [0.25, 0.3) is 0 Å². The summed E-state index contributed by atoms with van der Waals surface area (Å²) in [6.45, 7) is 6.21. The molecule has 0 N–H and O–H groups in total. The van der Waals surface area contributed by atoms with E-state index in [2.05, 4.69) is 26.0 Å². The predicted molar refractivity (Wildman–Crippen MR) is 124 cm³/mol. The van der Waals surface area contributed by atoms with Crippen molar-refractivity contribution in [3.05, 3.63) is 60.2 Å². The van der Waals surface area contributed by atoms with Crippen molar-refractivity contribution in [3.63, 3.8) is 0 Å². The standard InChI is InChI=1S/C26H38O5/c1-20(10-9-17-31-24-15-13-23(27-3)14-16-24)26(29-5)21(2)25(28-4)19-30-18-22-11-7-6-8-12-22/h6-8,11-16,20-21,25-26H,9-10,17-19H2,1-5H3/t20-,21+,25-,26-/m0/s1. The van der Waals surface area contributed by atoms with E-state index in [0.29, 0.717) is 25.7 Å². The van der Waals surface area contributed by atoms with Gasteiger partial charge in [0, 0.05) is 20.1 Å². The van der Waals surface area contributed by atoms with Gasteiger partial charge in [0.1, 0.15) is 11.5 Å². The minimum Gasteiger partial charge on any atom is -0.497 e. The molecule has 0 amide bonds. The molecule has 0 aliphatic heterocycles. The van der Waals surface area contributed by atoms with Crippen LogP contribution in [0.4, 0.5) is 0 Å². The molecule has 0 heterocycles. The average molecular weight is 431 g/mol. The molecule has 2 rings (SSSR count). The molecular weight excluding hydrogens is 392 g/mol. The molecule has 2 aromatic carbocycles. The Hall–Kier alpha value is -2.08. The minimum atomic E-state index is -0.0216. The van der Waals surface area contributed by atoms with E-state index in [-0.39, 0.29) is 18.1 Å². The molecule has 5 heteroatoms. The molecule has 0 aliphatic rings. The minimum absolute atomic E-state index is 0.0216. The largest absolute Gasteiger partial charge is 0.497 e. The fourth-order valence-electron chi connectivity index (χ4n) is 3.91. The molecule has 0 fully saturated rings. The molecule has 0 saturated carbocycles. The van der Waals surface area contributed by atoms with E-state index in [9.17, 15) is 0 Å². The molecule has 4 atom stereocenters. The van der Waals surface area contributed by atoms with Gasteiger partial charge in [-0.25, -0.2) is 0 Å². The number of benzene rings is 2. The topological polar surface area (TPSA) is 46.2 Å². The Kier molecular flexibility index (Phi) is 11.4. The van der Waals surface area contributed by atoms with E-state index in [4.69, 9.17) is 23.7 Å². The normalized spacial score (nSPS) is 15.1. The zero-order chi connectivity index (χ0) is 22.5. The van der Waals surface area contributed by atoms with Crippen LogP contribution in [0.3, 0.4) is 0 Å². The van der Waals surface area contributed by atoms with Crippen molar-refractivity contribution in [1.29, 1.82) is 0 Å². The summed E-state index contributed by atoms with van der Waals surface area (Å²) in [5.74, 6) is 2.29. The molecule has 0 radical (unpaired) electrons. The lowest BCUT2D eigenvalue weighted by atomic mass is 9.86. The highest BCUT2D eigenvalue weighted by molar-refractivity contribution is 5.31. The zero-order valence-electron chi connectivity index (χ0n) is 19.6. The Morgan fingerprint density at radius 1 is 0.806 bits per heavy atom. The van der Waals surface area contributed by atoms with Gasteiger partial charge < -0.3 is 23.7 Å². The van der Waals surface area contributed by atoms with Crippen LogP contribution < -0.4 is 9.47 Å². The van der Waals surface area contributed by atoms with Crippen molar-refractivity contribution in [1.82, 2.24) is 0 Å². The van der Waals surface area contributed by atoms with Crippen LogP contribution in [-0.2, 0) is 20.8 Å². The predicted octanol–water partition coefficient (Wildman–Crippen LogP) is 5.37. The summed E-state index contributed by atoms with van der Waals surface area (Å²) >= 11 is 0. The number of ether oxygens (including phenoxy) is 5. The highest BCUT2D eigenvalue weighted by Crippen LogP contribution is 2.25. The molecule has 0 aromatic heterocycles. The third kappa shape index (κ3) is 8.52. The Bertz CT molecular complexity index is 703. The smallest absolute Gasteiger partial charge is 0.119 e. The first kappa shape index (κ1) is 25.2. The summed E-state index contributed by atoms with van der Waals surface area (Å²) in [6.07, 6.45) is 2.04. The molecular formula is C26H38O5. The van der Waals surface area contributed by atoms with Crippen molar-refractivity contribution >= 4 is 0 Å². The summed E-state index contributed by atoms with van der Waals surface area (Å²) in [7, 11) is 5.18. The first-order chi connectivity index (χ1) is 15.1. The first-order valence-electron chi connectivity index (χ1n) is 11.0. The molecule has 0 unspecified atom stereocenters. The van der Waals surface area contributed by atoms with Gasteiger partial charge in [0.05, 0.1) is 39.1 Å². The first-order valence-corrected chi connectivity index (χ1v) is 11.0. The van der Waals surface area contributed by atoms with Crippen molar-refractivity contribution in [2.24, 2.45) is 11.8 Å². The molecule has 2 aromatic rings. The number of hydrogen-bond acceptors (Lipinski definition) is 5. The number of rotatable bonds is 15. The van der Waals surface area contributed by atoms with Gasteiger partial charge in [0.2, 0.25) is 0 Å². The summed E-state index contributed by atoms with van der Waals surface area (Å²) in [4.78, 5) is 0. The number of hydrogen-bond donors (Lipinski definition) is 0. The highest BCUT2D eigenvalue weighted by atomic mass is 16.5. The zero-order valence-corrected chi connectivity index (χ0v) is 19.6. The van der Waals surface area contributed by atoms with Crippen LogP contribution in [0.5, 0.6) is 11.5 Å². The van der Waals surface area contributed by atoms with Crippen LogP contribution in [-0.4, -0.2) is 46.8 Å². The van der Waals surface area contributed by atoms with Crippen molar-refractivity contribution < 1.29 is 23.7 Å². The maximum atomic E-state index is 5.92. The maximum absolute atomic E-state index is 5.92. The van der Waals surface area contributed by atoms with Gasteiger partial charge in [-0.3, -0.25) is 0 Å². The van der Waals surface area contributed by atoms with Crippen LogP contribution in [0, 0.1) is 11.8 Å². The Morgan fingerprint density at radius 2 is 1.48 bits per heavy atom. The monoisotopic (exact) mass is 430 g/mol. The molecule has 172 valence electrons.